The Labute approximate surface area is 109 Å². The number of nitrogens with one attached hydrogen (secondary N) is 2. The van der Waals surface area contributed by atoms with Crippen LogP contribution in [-0.4, -0.2) is 30.9 Å². The number of amides is 1. The molecule has 0 radical (unpaired) electrons. The van der Waals surface area contributed by atoms with E-state index in [1.165, 1.54) is 0 Å². The van der Waals surface area contributed by atoms with E-state index in [-0.39, 0.29) is 17.8 Å². The lowest BCUT2D eigenvalue weighted by Gasteiger charge is -2.20. The number of guanidine groups is 1. The third kappa shape index (κ3) is 3.09. The van der Waals surface area contributed by atoms with Crippen LogP contribution >= 0.6 is 0 Å². The summed E-state index contributed by atoms with van der Waals surface area (Å²) < 4.78 is 0. The highest BCUT2D eigenvalue weighted by Crippen LogP contribution is 2.23. The first-order valence-corrected chi connectivity index (χ1v) is 5.97. The van der Waals surface area contributed by atoms with Crippen molar-refractivity contribution in [1.82, 2.24) is 10.2 Å². The standard InChI is InChI=1S/C14H21N3O/c1-9-7-6-8-10(2)12(9)11(3)13(18)16-14(15)17(4)5/h6-8,11H,1-5H3,(H2,15,16,18). The summed E-state index contributed by atoms with van der Waals surface area (Å²) in [7, 11) is 3.46. The minimum atomic E-state index is -0.258. The van der Waals surface area contributed by atoms with Gasteiger partial charge in [0.05, 0.1) is 5.92 Å². The molecule has 1 amide bonds. The number of carbonyl (C=O) groups is 1. The van der Waals surface area contributed by atoms with Gasteiger partial charge in [0.25, 0.3) is 0 Å². The van der Waals surface area contributed by atoms with Crippen molar-refractivity contribution in [2.75, 3.05) is 14.1 Å². The Hall–Kier alpha value is -1.84. The van der Waals surface area contributed by atoms with Crippen molar-refractivity contribution in [3.05, 3.63) is 34.9 Å². The van der Waals surface area contributed by atoms with Crippen LogP contribution in [0.15, 0.2) is 18.2 Å². The molecule has 2 N–H and O–H groups in total. The van der Waals surface area contributed by atoms with E-state index in [1.807, 2.05) is 39.0 Å². The van der Waals surface area contributed by atoms with Crippen LogP contribution in [0.4, 0.5) is 0 Å². The van der Waals surface area contributed by atoms with Crippen molar-refractivity contribution in [2.24, 2.45) is 0 Å². The van der Waals surface area contributed by atoms with Gasteiger partial charge in [-0.1, -0.05) is 18.2 Å². The van der Waals surface area contributed by atoms with Crippen molar-refractivity contribution < 1.29 is 4.79 Å². The van der Waals surface area contributed by atoms with Crippen molar-refractivity contribution in [3.8, 4) is 0 Å². The van der Waals surface area contributed by atoms with Crippen LogP contribution in [0.2, 0.25) is 0 Å². The summed E-state index contributed by atoms with van der Waals surface area (Å²) in [6.07, 6.45) is 0. The van der Waals surface area contributed by atoms with Gasteiger partial charge in [-0.15, -0.1) is 0 Å². The number of carbonyl (C=O) groups excluding carboxylic acids is 1. The number of aryl methyl sites for hydroxylation is 2. The molecule has 0 aromatic heterocycles. The highest BCUT2D eigenvalue weighted by molar-refractivity contribution is 5.98. The summed E-state index contributed by atoms with van der Waals surface area (Å²) in [6.45, 7) is 5.88. The number of hydrogen-bond donors (Lipinski definition) is 2. The Morgan fingerprint density at radius 2 is 1.78 bits per heavy atom. The molecular formula is C14H21N3O. The number of nitrogens with zero attached hydrogens (tertiary/aromatic N) is 1. The largest absolute Gasteiger partial charge is 0.349 e. The molecule has 1 unspecified atom stereocenters. The molecule has 1 aromatic rings. The van der Waals surface area contributed by atoms with Crippen LogP contribution in [0.3, 0.4) is 0 Å². The summed E-state index contributed by atoms with van der Waals surface area (Å²) >= 11 is 0. The average molecular weight is 247 g/mol. The Balaban J connectivity index is 2.91. The number of rotatable bonds is 2. The third-order valence-corrected chi connectivity index (χ3v) is 3.06. The first kappa shape index (κ1) is 14.2. The zero-order chi connectivity index (χ0) is 13.9. The van der Waals surface area contributed by atoms with Crippen LogP contribution in [0.25, 0.3) is 0 Å². The average Bonchev–Trinajstić information content (AvgIpc) is 2.28. The van der Waals surface area contributed by atoms with Gasteiger partial charge in [0.15, 0.2) is 5.96 Å². The second kappa shape index (κ2) is 5.67. The van der Waals surface area contributed by atoms with Crippen LogP contribution in [-0.2, 0) is 4.79 Å². The highest BCUT2D eigenvalue weighted by Gasteiger charge is 2.20. The van der Waals surface area contributed by atoms with Gasteiger partial charge in [0, 0.05) is 14.1 Å². The van der Waals surface area contributed by atoms with Gasteiger partial charge in [0.1, 0.15) is 0 Å². The first-order valence-electron chi connectivity index (χ1n) is 5.97. The number of hydrogen-bond acceptors (Lipinski definition) is 2. The second-order valence-electron chi connectivity index (χ2n) is 4.76. The van der Waals surface area contributed by atoms with Crippen LogP contribution in [0, 0.1) is 19.3 Å². The van der Waals surface area contributed by atoms with Gasteiger partial charge < -0.3 is 4.90 Å². The van der Waals surface area contributed by atoms with E-state index < -0.39 is 0 Å². The minimum Gasteiger partial charge on any atom is -0.349 e. The predicted molar refractivity (Wildman–Crippen MR) is 73.9 cm³/mol. The van der Waals surface area contributed by atoms with Gasteiger partial charge >= 0.3 is 0 Å². The fraction of sp³-hybridized carbons (Fsp3) is 0.429. The molecule has 0 aliphatic rings. The Bertz CT molecular complexity index is 446. The van der Waals surface area contributed by atoms with E-state index in [0.29, 0.717) is 0 Å². The predicted octanol–water partition coefficient (Wildman–Crippen LogP) is 2.02. The van der Waals surface area contributed by atoms with Crippen molar-refractivity contribution in [3.63, 3.8) is 0 Å². The smallest absolute Gasteiger partial charge is 0.233 e. The fourth-order valence-electron chi connectivity index (χ4n) is 1.98. The summed E-state index contributed by atoms with van der Waals surface area (Å²) in [5.41, 5.74) is 3.25. The van der Waals surface area contributed by atoms with E-state index in [9.17, 15) is 4.79 Å². The molecule has 1 atom stereocenters. The lowest BCUT2D eigenvalue weighted by atomic mass is 9.91. The molecule has 1 rings (SSSR count). The normalized spacial score (nSPS) is 11.8. The van der Waals surface area contributed by atoms with Crippen LogP contribution in [0.5, 0.6) is 0 Å². The molecule has 0 aliphatic heterocycles. The molecule has 0 fully saturated rings. The Kier molecular flexibility index (Phi) is 4.48. The van der Waals surface area contributed by atoms with Crippen LogP contribution < -0.4 is 5.32 Å². The fourth-order valence-corrected chi connectivity index (χ4v) is 1.98. The van der Waals surface area contributed by atoms with E-state index in [1.54, 1.807) is 19.0 Å². The molecule has 0 bridgehead atoms. The van der Waals surface area contributed by atoms with Gasteiger partial charge in [-0.05, 0) is 37.5 Å². The molecule has 98 valence electrons. The molecule has 0 aliphatic carbocycles. The lowest BCUT2D eigenvalue weighted by Crippen LogP contribution is -2.41. The number of benzene rings is 1. The van der Waals surface area contributed by atoms with Crippen molar-refractivity contribution in [1.29, 1.82) is 5.41 Å². The maximum atomic E-state index is 12.1. The molecule has 4 nitrogen and oxygen atoms in total. The first-order chi connectivity index (χ1) is 8.34. The quantitative estimate of drug-likeness (QED) is 0.620. The molecule has 1 aromatic carbocycles. The van der Waals surface area contributed by atoms with Crippen molar-refractivity contribution >= 4 is 11.9 Å². The molecule has 18 heavy (non-hydrogen) atoms. The SMILES string of the molecule is Cc1cccc(C)c1C(C)C(=O)NC(=N)N(C)C. The summed E-state index contributed by atoms with van der Waals surface area (Å²) in [4.78, 5) is 13.6. The Morgan fingerprint density at radius 1 is 1.28 bits per heavy atom. The van der Waals surface area contributed by atoms with Gasteiger partial charge in [-0.3, -0.25) is 15.5 Å². The van der Waals surface area contributed by atoms with Gasteiger partial charge in [-0.25, -0.2) is 0 Å². The molecule has 0 saturated heterocycles. The van der Waals surface area contributed by atoms with Gasteiger partial charge in [-0.2, -0.15) is 0 Å². The van der Waals surface area contributed by atoms with Crippen molar-refractivity contribution in [2.45, 2.75) is 26.7 Å². The lowest BCUT2D eigenvalue weighted by molar-refractivity contribution is -0.120. The summed E-state index contributed by atoms with van der Waals surface area (Å²) in [5, 5.41) is 10.2. The monoisotopic (exact) mass is 247 g/mol. The van der Waals surface area contributed by atoms with E-state index in [2.05, 4.69) is 5.32 Å². The molecule has 4 heteroatoms. The molecule has 0 saturated carbocycles. The highest BCUT2D eigenvalue weighted by atomic mass is 16.2. The van der Waals surface area contributed by atoms with Gasteiger partial charge in [0.2, 0.25) is 5.91 Å². The summed E-state index contributed by atoms with van der Waals surface area (Å²) in [5.74, 6) is -0.296. The topological polar surface area (TPSA) is 56.2 Å². The maximum absolute atomic E-state index is 12.1. The molecule has 0 spiro atoms. The third-order valence-electron chi connectivity index (χ3n) is 3.06. The minimum absolute atomic E-state index is 0.109. The zero-order valence-electron chi connectivity index (χ0n) is 11.7. The van der Waals surface area contributed by atoms with E-state index in [4.69, 9.17) is 5.41 Å². The molecular weight excluding hydrogens is 226 g/mol. The Morgan fingerprint density at radius 3 is 2.22 bits per heavy atom. The zero-order valence-corrected chi connectivity index (χ0v) is 11.7. The van der Waals surface area contributed by atoms with Crippen LogP contribution in [0.1, 0.15) is 29.5 Å². The van der Waals surface area contributed by atoms with E-state index in [0.717, 1.165) is 16.7 Å². The second-order valence-corrected chi connectivity index (χ2v) is 4.76. The maximum Gasteiger partial charge on any atom is 0.233 e. The van der Waals surface area contributed by atoms with E-state index >= 15 is 0 Å². The molecule has 0 heterocycles. The summed E-state index contributed by atoms with van der Waals surface area (Å²) in [6, 6.07) is 5.99.